The first-order valence-electron chi connectivity index (χ1n) is 18.6. The molecule has 0 N–H and O–H groups in total. The highest BCUT2D eigenvalue weighted by Gasteiger charge is 2.46. The molecule has 1 saturated carbocycles. The molecule has 0 spiro atoms. The van der Waals surface area contributed by atoms with E-state index in [1.807, 2.05) is 0 Å². The second-order valence-corrected chi connectivity index (χ2v) is 14.0. The summed E-state index contributed by atoms with van der Waals surface area (Å²) in [6.45, 7) is 4.02. The lowest BCUT2D eigenvalue weighted by Crippen LogP contribution is -2.33. The second kappa shape index (κ2) is 20.0. The Kier molecular flexibility index (Phi) is 15.5. The van der Waals surface area contributed by atoms with Gasteiger partial charge in [-0.2, -0.15) is 0 Å². The van der Waals surface area contributed by atoms with Gasteiger partial charge in [0.1, 0.15) is 5.78 Å². The van der Waals surface area contributed by atoms with Crippen molar-refractivity contribution in [2.45, 2.75) is 160 Å². The molecule has 0 bridgehead atoms. The number of allylic oxidation sites excluding steroid dienone is 2. The molecular weight excluding hydrogens is 580 g/mol. The van der Waals surface area contributed by atoms with Crippen molar-refractivity contribution >= 4 is 5.78 Å². The van der Waals surface area contributed by atoms with E-state index in [4.69, 9.17) is 28.4 Å². The number of hydrogen-bond acceptors (Lipinski definition) is 7. The van der Waals surface area contributed by atoms with Gasteiger partial charge in [0.25, 0.3) is 0 Å². The normalized spacial score (nSPS) is 31.3. The van der Waals surface area contributed by atoms with E-state index in [9.17, 15) is 4.79 Å². The Morgan fingerprint density at radius 1 is 0.804 bits per heavy atom. The molecule has 4 aliphatic rings. The second-order valence-electron chi connectivity index (χ2n) is 14.0. The molecule has 1 aromatic carbocycles. The van der Waals surface area contributed by atoms with Crippen LogP contribution in [0.1, 0.15) is 122 Å². The van der Waals surface area contributed by atoms with Gasteiger partial charge in [-0.05, 0) is 127 Å². The summed E-state index contributed by atoms with van der Waals surface area (Å²) in [6.07, 6.45) is 22.5. The van der Waals surface area contributed by atoms with Crippen LogP contribution in [0.15, 0.2) is 42.5 Å². The Hall–Kier alpha value is -1.61. The number of carbonyl (C=O) groups is 1. The molecule has 1 aliphatic carbocycles. The number of benzene rings is 1. The number of aryl methyl sites for hydroxylation is 1. The molecule has 46 heavy (non-hydrogen) atoms. The summed E-state index contributed by atoms with van der Waals surface area (Å²) in [6, 6.07) is 10.8. The average molecular weight is 641 g/mol. The predicted molar refractivity (Wildman–Crippen MR) is 179 cm³/mol. The molecule has 3 unspecified atom stereocenters. The van der Waals surface area contributed by atoms with E-state index in [0.717, 1.165) is 123 Å². The Morgan fingerprint density at radius 2 is 1.43 bits per heavy atom. The van der Waals surface area contributed by atoms with E-state index in [1.54, 1.807) is 6.92 Å². The zero-order chi connectivity index (χ0) is 31.8. The van der Waals surface area contributed by atoms with Crippen LogP contribution >= 0.6 is 0 Å². The van der Waals surface area contributed by atoms with Crippen molar-refractivity contribution in [3.8, 4) is 0 Å². The molecular formula is C39H60O7. The minimum atomic E-state index is -0.130. The Morgan fingerprint density at radius 3 is 2.04 bits per heavy atom. The minimum Gasteiger partial charge on any atom is -0.353 e. The van der Waals surface area contributed by atoms with Crippen LogP contribution in [0.2, 0.25) is 0 Å². The van der Waals surface area contributed by atoms with Gasteiger partial charge < -0.3 is 33.2 Å². The standard InChI is InChI=1S/C39H60O7/c1-30(40)15-5-2-3-8-18-33-34(25-24-32(44-37-19-9-12-26-41-37)23-22-31-16-6-4-7-17-31)36(46-39-21-11-14-28-43-39)29-35(33)45-38-20-10-13-27-42-38/h3-4,6-8,16-17,32-39H,2,5,9-15,18-29H2,1H3/b8-3-/t32-,33+,34+,35-,36+,37?,38?,39?/m0/s1. The van der Waals surface area contributed by atoms with E-state index >= 15 is 0 Å². The maximum Gasteiger partial charge on any atom is 0.157 e. The number of ketones is 1. The molecule has 3 saturated heterocycles. The summed E-state index contributed by atoms with van der Waals surface area (Å²) in [7, 11) is 0. The van der Waals surface area contributed by atoms with Gasteiger partial charge in [-0.3, -0.25) is 0 Å². The molecule has 0 amide bonds. The van der Waals surface area contributed by atoms with E-state index in [0.29, 0.717) is 18.3 Å². The summed E-state index contributed by atoms with van der Waals surface area (Å²) in [5, 5.41) is 0. The molecule has 7 nitrogen and oxygen atoms in total. The van der Waals surface area contributed by atoms with Crippen molar-refractivity contribution in [2.75, 3.05) is 19.8 Å². The zero-order valence-electron chi connectivity index (χ0n) is 28.4. The van der Waals surface area contributed by atoms with Gasteiger partial charge in [0.05, 0.1) is 18.3 Å². The monoisotopic (exact) mass is 640 g/mol. The minimum absolute atomic E-state index is 0.0773. The number of hydrogen-bond donors (Lipinski definition) is 0. The SMILES string of the molecule is CC(=O)CCC/C=C\C[C@@H]1[C@@H](CC[C@H](CCc2ccccc2)OC2CCCCO2)[C@H](OC2CCCCO2)C[C@@H]1OC1CCCCO1. The first-order valence-corrected chi connectivity index (χ1v) is 18.6. The molecule has 0 aromatic heterocycles. The molecule has 3 aliphatic heterocycles. The topological polar surface area (TPSA) is 72.5 Å². The maximum absolute atomic E-state index is 11.4. The molecule has 258 valence electrons. The lowest BCUT2D eigenvalue weighted by Gasteiger charge is -2.33. The van der Waals surface area contributed by atoms with Gasteiger partial charge in [0.15, 0.2) is 18.9 Å². The highest BCUT2D eigenvalue weighted by atomic mass is 16.7. The van der Waals surface area contributed by atoms with Crippen LogP contribution in [0.4, 0.5) is 0 Å². The highest BCUT2D eigenvalue weighted by Crippen LogP contribution is 2.44. The first kappa shape index (κ1) is 35.7. The predicted octanol–water partition coefficient (Wildman–Crippen LogP) is 8.48. The smallest absolute Gasteiger partial charge is 0.157 e. The molecule has 8 atom stereocenters. The number of Topliss-reactive ketones (excluding diaryl/α,β-unsaturated/α-hetero) is 1. The van der Waals surface area contributed by atoms with Crippen LogP contribution in [-0.2, 0) is 39.6 Å². The third-order valence-electron chi connectivity index (χ3n) is 10.3. The lowest BCUT2D eigenvalue weighted by molar-refractivity contribution is -0.205. The molecule has 1 aromatic rings. The van der Waals surface area contributed by atoms with E-state index < -0.39 is 0 Å². The van der Waals surface area contributed by atoms with Crippen LogP contribution in [0.5, 0.6) is 0 Å². The fourth-order valence-corrected chi connectivity index (χ4v) is 7.70. The van der Waals surface area contributed by atoms with Crippen LogP contribution in [0.3, 0.4) is 0 Å². The first-order chi connectivity index (χ1) is 22.6. The third kappa shape index (κ3) is 12.1. The van der Waals surface area contributed by atoms with Gasteiger partial charge in [0.2, 0.25) is 0 Å². The van der Waals surface area contributed by atoms with Crippen LogP contribution in [0.25, 0.3) is 0 Å². The number of ether oxygens (including phenoxy) is 6. The van der Waals surface area contributed by atoms with Crippen LogP contribution < -0.4 is 0 Å². The van der Waals surface area contributed by atoms with Gasteiger partial charge in [-0.1, -0.05) is 42.5 Å². The van der Waals surface area contributed by atoms with Crippen molar-refractivity contribution in [3.63, 3.8) is 0 Å². The largest absolute Gasteiger partial charge is 0.353 e. The van der Waals surface area contributed by atoms with Gasteiger partial charge in [-0.25, -0.2) is 0 Å². The van der Waals surface area contributed by atoms with Crippen molar-refractivity contribution in [1.82, 2.24) is 0 Å². The number of unbranched alkanes of at least 4 members (excludes halogenated alkanes) is 1. The summed E-state index contributed by atoms with van der Waals surface area (Å²) < 4.78 is 38.5. The van der Waals surface area contributed by atoms with Gasteiger partial charge in [-0.15, -0.1) is 0 Å². The molecule has 7 heteroatoms. The van der Waals surface area contributed by atoms with Gasteiger partial charge in [0, 0.05) is 32.7 Å². The average Bonchev–Trinajstić information content (AvgIpc) is 3.40. The number of carbonyl (C=O) groups excluding carboxylic acids is 1. The van der Waals surface area contributed by atoms with Crippen molar-refractivity contribution in [3.05, 3.63) is 48.0 Å². The summed E-state index contributed by atoms with van der Waals surface area (Å²) in [5.74, 6) is 0.915. The van der Waals surface area contributed by atoms with Gasteiger partial charge >= 0.3 is 0 Å². The Bertz CT molecular complexity index is 997. The van der Waals surface area contributed by atoms with E-state index in [-0.39, 0.29) is 43.0 Å². The highest BCUT2D eigenvalue weighted by molar-refractivity contribution is 5.75. The van der Waals surface area contributed by atoms with Crippen molar-refractivity contribution in [1.29, 1.82) is 0 Å². The quantitative estimate of drug-likeness (QED) is 0.118. The summed E-state index contributed by atoms with van der Waals surface area (Å²) >= 11 is 0. The molecule has 5 rings (SSSR count). The fraction of sp³-hybridized carbons (Fsp3) is 0.769. The van der Waals surface area contributed by atoms with Crippen molar-refractivity contribution < 1.29 is 33.2 Å². The van der Waals surface area contributed by atoms with Crippen LogP contribution in [-0.4, -0.2) is 62.8 Å². The number of rotatable bonds is 18. The zero-order valence-corrected chi connectivity index (χ0v) is 28.4. The Labute approximate surface area is 278 Å². The molecule has 4 fully saturated rings. The lowest BCUT2D eigenvalue weighted by atomic mass is 9.85. The van der Waals surface area contributed by atoms with E-state index in [2.05, 4.69) is 42.5 Å². The van der Waals surface area contributed by atoms with Crippen LogP contribution in [0, 0.1) is 11.8 Å². The summed E-state index contributed by atoms with van der Waals surface area (Å²) in [4.78, 5) is 11.4. The summed E-state index contributed by atoms with van der Waals surface area (Å²) in [5.41, 5.74) is 1.35. The molecule has 0 radical (unpaired) electrons. The fourth-order valence-electron chi connectivity index (χ4n) is 7.70. The Balaban J connectivity index is 1.29. The van der Waals surface area contributed by atoms with E-state index in [1.165, 1.54) is 12.0 Å². The molecule has 3 heterocycles. The van der Waals surface area contributed by atoms with Crippen molar-refractivity contribution in [2.24, 2.45) is 11.8 Å². The maximum atomic E-state index is 11.4. The third-order valence-corrected chi connectivity index (χ3v) is 10.3.